The fourth-order valence-corrected chi connectivity index (χ4v) is 3.20. The van der Waals surface area contributed by atoms with E-state index in [4.69, 9.17) is 25.8 Å². The number of Topliss-reactive ketones (excluding diaryl/α,β-unsaturated/α-hetero) is 1. The monoisotopic (exact) mass is 460 g/mol. The maximum atomic E-state index is 12.6. The van der Waals surface area contributed by atoms with E-state index < -0.39 is 36.1 Å². The van der Waals surface area contributed by atoms with Gasteiger partial charge < -0.3 is 14.2 Å². The summed E-state index contributed by atoms with van der Waals surface area (Å²) in [4.78, 5) is 49.3. The van der Waals surface area contributed by atoms with Crippen LogP contribution in [0.2, 0.25) is 5.02 Å². The molecule has 1 atom stereocenters. The molecule has 0 aliphatic carbocycles. The summed E-state index contributed by atoms with van der Waals surface area (Å²) >= 11 is 5.79. The van der Waals surface area contributed by atoms with Crippen molar-refractivity contribution in [3.8, 4) is 11.5 Å². The molecule has 10 heteroatoms. The first-order valence-corrected chi connectivity index (χ1v) is 9.98. The minimum absolute atomic E-state index is 0.0698. The number of halogens is 1. The lowest BCUT2D eigenvalue weighted by Gasteiger charge is -2.18. The molecule has 2 aromatic carbocycles. The molecule has 1 N–H and O–H groups in total. The largest absolute Gasteiger partial charge is 0.497 e. The summed E-state index contributed by atoms with van der Waals surface area (Å²) in [5.74, 6) is -2.08. The Morgan fingerprint density at radius 1 is 1.03 bits per heavy atom. The van der Waals surface area contributed by atoms with E-state index in [1.165, 1.54) is 38.5 Å². The zero-order valence-corrected chi connectivity index (χ0v) is 18.2. The molecular formula is C22H21ClN2O7. The lowest BCUT2D eigenvalue weighted by atomic mass is 10.1. The van der Waals surface area contributed by atoms with E-state index >= 15 is 0 Å². The van der Waals surface area contributed by atoms with Crippen LogP contribution in [0.15, 0.2) is 42.5 Å². The minimum Gasteiger partial charge on any atom is -0.497 e. The third-order valence-electron chi connectivity index (χ3n) is 4.82. The van der Waals surface area contributed by atoms with Gasteiger partial charge in [-0.2, -0.15) is 0 Å². The molecule has 1 aliphatic heterocycles. The van der Waals surface area contributed by atoms with Crippen LogP contribution in [0.25, 0.3) is 0 Å². The number of nitrogens with zero attached hydrogens (tertiary/aromatic N) is 1. The first kappa shape index (κ1) is 23.1. The van der Waals surface area contributed by atoms with Crippen molar-refractivity contribution in [1.82, 2.24) is 10.4 Å². The summed E-state index contributed by atoms with van der Waals surface area (Å²) in [6.07, 6.45) is -0.143. The van der Waals surface area contributed by atoms with E-state index in [0.717, 1.165) is 5.01 Å². The number of methoxy groups -OCH3 is 2. The Balaban J connectivity index is 1.56. The van der Waals surface area contributed by atoms with Crippen LogP contribution in [-0.4, -0.2) is 55.9 Å². The SMILES string of the molecule is COc1cc(OC)cc(C(=O)NN2CC(C(=O)OCC(=O)c3ccc(Cl)cc3)CC2=O)c1. The second kappa shape index (κ2) is 10.1. The molecular weight excluding hydrogens is 440 g/mol. The van der Waals surface area contributed by atoms with Crippen LogP contribution in [0.5, 0.6) is 11.5 Å². The van der Waals surface area contributed by atoms with Gasteiger partial charge in [-0.05, 0) is 36.4 Å². The van der Waals surface area contributed by atoms with Gasteiger partial charge in [0.15, 0.2) is 12.4 Å². The van der Waals surface area contributed by atoms with Gasteiger partial charge in [-0.25, -0.2) is 0 Å². The fraction of sp³-hybridized carbons (Fsp3) is 0.273. The highest BCUT2D eigenvalue weighted by Gasteiger charge is 2.36. The number of nitrogens with one attached hydrogen (secondary N) is 1. The number of carbonyl (C=O) groups is 4. The molecule has 0 radical (unpaired) electrons. The molecule has 1 fully saturated rings. The first-order chi connectivity index (χ1) is 15.3. The third kappa shape index (κ3) is 5.55. The van der Waals surface area contributed by atoms with Crippen molar-refractivity contribution in [3.63, 3.8) is 0 Å². The Kier molecular flexibility index (Phi) is 7.32. The Labute approximate surface area is 189 Å². The highest BCUT2D eigenvalue weighted by molar-refractivity contribution is 6.30. The van der Waals surface area contributed by atoms with Gasteiger partial charge in [-0.15, -0.1) is 0 Å². The predicted molar refractivity (Wildman–Crippen MR) is 114 cm³/mol. The van der Waals surface area contributed by atoms with E-state index in [2.05, 4.69) is 5.43 Å². The molecule has 1 unspecified atom stereocenters. The fourth-order valence-electron chi connectivity index (χ4n) is 3.07. The average Bonchev–Trinajstić information content (AvgIpc) is 3.17. The molecule has 32 heavy (non-hydrogen) atoms. The molecule has 1 aliphatic rings. The highest BCUT2D eigenvalue weighted by atomic mass is 35.5. The average molecular weight is 461 g/mol. The summed E-state index contributed by atoms with van der Waals surface area (Å²) in [5.41, 5.74) is 3.05. The second-order valence-electron chi connectivity index (χ2n) is 6.99. The zero-order chi connectivity index (χ0) is 23.3. The van der Waals surface area contributed by atoms with Crippen LogP contribution in [0.3, 0.4) is 0 Å². The van der Waals surface area contributed by atoms with Crippen LogP contribution in [-0.2, 0) is 14.3 Å². The van der Waals surface area contributed by atoms with E-state index in [1.807, 2.05) is 0 Å². The molecule has 2 aromatic rings. The van der Waals surface area contributed by atoms with Gasteiger partial charge in [-0.3, -0.25) is 29.6 Å². The molecule has 3 rings (SSSR count). The maximum Gasteiger partial charge on any atom is 0.311 e. The number of esters is 1. The number of ketones is 1. The van der Waals surface area contributed by atoms with Crippen molar-refractivity contribution >= 4 is 35.2 Å². The molecule has 0 aromatic heterocycles. The van der Waals surface area contributed by atoms with Crippen molar-refractivity contribution in [2.24, 2.45) is 5.92 Å². The Bertz CT molecular complexity index is 1020. The van der Waals surface area contributed by atoms with Crippen LogP contribution in [0.4, 0.5) is 0 Å². The van der Waals surface area contributed by atoms with Gasteiger partial charge in [-0.1, -0.05) is 11.6 Å². The molecule has 2 amide bonds. The summed E-state index contributed by atoms with van der Waals surface area (Å²) in [6, 6.07) is 10.8. The minimum atomic E-state index is -0.805. The van der Waals surface area contributed by atoms with Crippen molar-refractivity contribution in [2.45, 2.75) is 6.42 Å². The number of benzene rings is 2. The van der Waals surface area contributed by atoms with Crippen molar-refractivity contribution in [3.05, 3.63) is 58.6 Å². The maximum absolute atomic E-state index is 12.6. The molecule has 1 heterocycles. The van der Waals surface area contributed by atoms with Gasteiger partial charge in [0.2, 0.25) is 5.91 Å². The molecule has 168 valence electrons. The molecule has 9 nitrogen and oxygen atoms in total. The van der Waals surface area contributed by atoms with Crippen LogP contribution in [0.1, 0.15) is 27.1 Å². The van der Waals surface area contributed by atoms with Crippen LogP contribution >= 0.6 is 11.6 Å². The summed E-state index contributed by atoms with van der Waals surface area (Å²) in [5, 5.41) is 1.54. The first-order valence-electron chi connectivity index (χ1n) is 9.60. The number of carbonyl (C=O) groups excluding carboxylic acids is 4. The normalized spacial score (nSPS) is 15.3. The molecule has 0 spiro atoms. The van der Waals surface area contributed by atoms with Crippen LogP contribution < -0.4 is 14.9 Å². The number of amides is 2. The van der Waals surface area contributed by atoms with Crippen molar-refractivity contribution in [1.29, 1.82) is 0 Å². The van der Waals surface area contributed by atoms with E-state index in [1.54, 1.807) is 18.2 Å². The number of hydrazine groups is 1. The lowest BCUT2D eigenvalue weighted by molar-refractivity contribution is -0.147. The third-order valence-corrected chi connectivity index (χ3v) is 5.07. The predicted octanol–water partition coefficient (Wildman–Crippen LogP) is 2.28. The lowest BCUT2D eigenvalue weighted by Crippen LogP contribution is -2.43. The second-order valence-corrected chi connectivity index (χ2v) is 7.42. The van der Waals surface area contributed by atoms with Crippen LogP contribution in [0, 0.1) is 5.92 Å². The van der Waals surface area contributed by atoms with Gasteiger partial charge in [0, 0.05) is 28.6 Å². The standard InChI is InChI=1S/C22H21ClN2O7/c1-30-17-7-14(8-18(10-17)31-2)21(28)24-25-11-15(9-20(25)27)22(29)32-12-19(26)13-3-5-16(23)6-4-13/h3-8,10,15H,9,11-12H2,1-2H3,(H,24,28). The van der Waals surface area contributed by atoms with E-state index in [0.29, 0.717) is 22.1 Å². The number of hydrogen-bond acceptors (Lipinski definition) is 7. The topological polar surface area (TPSA) is 111 Å². The summed E-state index contributed by atoms with van der Waals surface area (Å²) in [7, 11) is 2.91. The van der Waals surface area contributed by atoms with Crippen molar-refractivity contribution < 1.29 is 33.4 Å². The Morgan fingerprint density at radius 2 is 1.66 bits per heavy atom. The van der Waals surface area contributed by atoms with Gasteiger partial charge in [0.05, 0.1) is 26.7 Å². The van der Waals surface area contributed by atoms with Gasteiger partial charge >= 0.3 is 5.97 Å². The zero-order valence-electron chi connectivity index (χ0n) is 17.4. The smallest absolute Gasteiger partial charge is 0.311 e. The number of hydrogen-bond donors (Lipinski definition) is 1. The Hall–Kier alpha value is -3.59. The summed E-state index contributed by atoms with van der Waals surface area (Å²) in [6.45, 7) is -0.527. The van der Waals surface area contributed by atoms with Crippen molar-refractivity contribution in [2.75, 3.05) is 27.4 Å². The van der Waals surface area contributed by atoms with Gasteiger partial charge in [0.25, 0.3) is 5.91 Å². The summed E-state index contributed by atoms with van der Waals surface area (Å²) < 4.78 is 15.3. The molecule has 0 bridgehead atoms. The quantitative estimate of drug-likeness (QED) is 0.475. The Morgan fingerprint density at radius 3 is 2.25 bits per heavy atom. The number of rotatable bonds is 8. The van der Waals surface area contributed by atoms with Gasteiger partial charge in [0.1, 0.15) is 11.5 Å². The molecule has 1 saturated heterocycles. The number of ether oxygens (including phenoxy) is 3. The van der Waals surface area contributed by atoms with E-state index in [9.17, 15) is 19.2 Å². The molecule has 0 saturated carbocycles. The van der Waals surface area contributed by atoms with E-state index in [-0.39, 0.29) is 18.5 Å². The highest BCUT2D eigenvalue weighted by Crippen LogP contribution is 2.23.